The molecule has 1 aromatic heterocycles. The minimum Gasteiger partial charge on any atom is -0.432 e. The zero-order valence-electron chi connectivity index (χ0n) is 11.4. The van der Waals surface area contributed by atoms with Crippen LogP contribution in [0.5, 0.6) is 0 Å². The quantitative estimate of drug-likeness (QED) is 0.806. The number of rotatable bonds is 7. The Hall–Kier alpha value is -1.03. The molecule has 3 rings (SSSR count). The van der Waals surface area contributed by atoms with Crippen molar-refractivity contribution in [1.29, 1.82) is 0 Å². The summed E-state index contributed by atoms with van der Waals surface area (Å²) in [6.07, 6.45) is 6.99. The Morgan fingerprint density at radius 3 is 2.78 bits per heavy atom. The Kier molecular flexibility index (Phi) is 3.29. The third-order valence-electron chi connectivity index (χ3n) is 3.48. The molecule has 18 heavy (non-hydrogen) atoms. The summed E-state index contributed by atoms with van der Waals surface area (Å²) in [5, 5.41) is 3.47. The highest BCUT2D eigenvalue weighted by molar-refractivity contribution is 5.31. The van der Waals surface area contributed by atoms with Crippen LogP contribution < -0.4 is 10.2 Å². The zero-order chi connectivity index (χ0) is 12.5. The molecule has 0 radical (unpaired) electrons. The number of hydrogen-bond acceptors (Lipinski definition) is 4. The molecule has 0 spiro atoms. The number of hydrogen-bond donors (Lipinski definition) is 1. The van der Waals surface area contributed by atoms with Crippen molar-refractivity contribution >= 4 is 6.01 Å². The van der Waals surface area contributed by atoms with E-state index >= 15 is 0 Å². The molecule has 0 aliphatic heterocycles. The summed E-state index contributed by atoms with van der Waals surface area (Å²) >= 11 is 0. The minimum atomic E-state index is 0.644. The molecule has 0 unspecified atom stereocenters. The van der Waals surface area contributed by atoms with E-state index in [2.05, 4.69) is 29.0 Å². The van der Waals surface area contributed by atoms with Crippen molar-refractivity contribution < 1.29 is 4.42 Å². The maximum atomic E-state index is 5.66. The Morgan fingerprint density at radius 1 is 1.39 bits per heavy atom. The largest absolute Gasteiger partial charge is 0.432 e. The van der Waals surface area contributed by atoms with Crippen LogP contribution >= 0.6 is 0 Å². The number of nitrogens with one attached hydrogen (secondary N) is 1. The Labute approximate surface area is 109 Å². The molecule has 4 heteroatoms. The van der Waals surface area contributed by atoms with Crippen molar-refractivity contribution in [3.63, 3.8) is 0 Å². The Morgan fingerprint density at radius 2 is 2.17 bits per heavy atom. The fraction of sp³-hybridized carbons (Fsp3) is 0.786. The van der Waals surface area contributed by atoms with Crippen molar-refractivity contribution in [2.75, 3.05) is 11.4 Å². The summed E-state index contributed by atoms with van der Waals surface area (Å²) < 4.78 is 5.66. The van der Waals surface area contributed by atoms with E-state index in [-0.39, 0.29) is 0 Å². The van der Waals surface area contributed by atoms with Crippen LogP contribution in [0, 0.1) is 5.92 Å². The summed E-state index contributed by atoms with van der Waals surface area (Å²) in [5.74, 6) is 0.644. The van der Waals surface area contributed by atoms with Crippen LogP contribution in [-0.2, 0) is 6.54 Å². The lowest BCUT2D eigenvalue weighted by Gasteiger charge is -2.22. The van der Waals surface area contributed by atoms with E-state index in [0.717, 1.165) is 30.8 Å². The van der Waals surface area contributed by atoms with E-state index in [9.17, 15) is 0 Å². The molecular formula is C14H23N3O. The third-order valence-corrected chi connectivity index (χ3v) is 3.48. The molecule has 0 amide bonds. The van der Waals surface area contributed by atoms with Crippen molar-refractivity contribution in [3.8, 4) is 0 Å². The molecule has 0 saturated heterocycles. The molecule has 2 aliphatic rings. The average Bonchev–Trinajstić information content (AvgIpc) is 3.23. The van der Waals surface area contributed by atoms with E-state index in [0.29, 0.717) is 12.0 Å². The van der Waals surface area contributed by atoms with Gasteiger partial charge >= 0.3 is 0 Å². The van der Waals surface area contributed by atoms with Crippen LogP contribution in [0.3, 0.4) is 0 Å². The second-order valence-corrected chi connectivity index (χ2v) is 6.05. The monoisotopic (exact) mass is 249 g/mol. The topological polar surface area (TPSA) is 41.3 Å². The number of anilines is 1. The number of aromatic nitrogens is 1. The Bertz CT molecular complexity index is 393. The first-order chi connectivity index (χ1) is 8.72. The van der Waals surface area contributed by atoms with Crippen LogP contribution in [0.15, 0.2) is 10.7 Å². The average molecular weight is 249 g/mol. The first kappa shape index (κ1) is 12.0. The van der Waals surface area contributed by atoms with Crippen molar-refractivity contribution in [1.82, 2.24) is 10.3 Å². The molecule has 1 heterocycles. The second kappa shape index (κ2) is 4.92. The summed E-state index contributed by atoms with van der Waals surface area (Å²) in [7, 11) is 0. The van der Waals surface area contributed by atoms with Gasteiger partial charge in [-0.15, -0.1) is 0 Å². The fourth-order valence-corrected chi connectivity index (χ4v) is 2.21. The van der Waals surface area contributed by atoms with Gasteiger partial charge in [0.05, 0.1) is 5.69 Å². The van der Waals surface area contributed by atoms with E-state index in [4.69, 9.17) is 4.42 Å². The second-order valence-electron chi connectivity index (χ2n) is 6.05. The molecule has 1 aromatic rings. The lowest BCUT2D eigenvalue weighted by Crippen LogP contribution is -2.30. The molecule has 1 N–H and O–H groups in total. The van der Waals surface area contributed by atoms with Crippen LogP contribution in [0.2, 0.25) is 0 Å². The minimum absolute atomic E-state index is 0.644. The maximum Gasteiger partial charge on any atom is 0.297 e. The zero-order valence-corrected chi connectivity index (χ0v) is 11.4. The van der Waals surface area contributed by atoms with Gasteiger partial charge in [-0.25, -0.2) is 0 Å². The predicted octanol–water partition coefficient (Wildman–Crippen LogP) is 2.55. The van der Waals surface area contributed by atoms with Gasteiger partial charge in [-0.3, -0.25) is 0 Å². The van der Waals surface area contributed by atoms with E-state index < -0.39 is 0 Å². The predicted molar refractivity (Wildman–Crippen MR) is 71.6 cm³/mol. The van der Waals surface area contributed by atoms with Gasteiger partial charge in [0.25, 0.3) is 6.01 Å². The van der Waals surface area contributed by atoms with Gasteiger partial charge in [0.2, 0.25) is 0 Å². The van der Waals surface area contributed by atoms with Crippen molar-refractivity contribution in [2.24, 2.45) is 5.92 Å². The summed E-state index contributed by atoms with van der Waals surface area (Å²) in [5.41, 5.74) is 1.03. The first-order valence-electron chi connectivity index (χ1n) is 7.17. The van der Waals surface area contributed by atoms with E-state index in [1.54, 1.807) is 6.26 Å². The SMILES string of the molecule is CC(C)CN(c1nc(CNC2CC2)co1)C1CC1. The van der Waals surface area contributed by atoms with Crippen LogP contribution in [-0.4, -0.2) is 23.6 Å². The Balaban J connectivity index is 1.61. The standard InChI is InChI=1S/C14H23N3O/c1-10(2)8-17(13-5-6-13)14-16-12(9-18-14)7-15-11-3-4-11/h9-11,13,15H,3-8H2,1-2H3. The third kappa shape index (κ3) is 3.05. The number of oxazole rings is 1. The fourth-order valence-electron chi connectivity index (χ4n) is 2.21. The summed E-state index contributed by atoms with van der Waals surface area (Å²) in [6.45, 7) is 6.37. The number of nitrogens with zero attached hydrogens (tertiary/aromatic N) is 2. The van der Waals surface area contributed by atoms with Crippen LogP contribution in [0.1, 0.15) is 45.2 Å². The lowest BCUT2D eigenvalue weighted by molar-refractivity contribution is 0.503. The van der Waals surface area contributed by atoms with Gasteiger partial charge in [-0.1, -0.05) is 13.8 Å². The van der Waals surface area contributed by atoms with Gasteiger partial charge in [-0.2, -0.15) is 4.98 Å². The van der Waals surface area contributed by atoms with Crippen molar-refractivity contribution in [2.45, 2.75) is 58.2 Å². The summed E-state index contributed by atoms with van der Waals surface area (Å²) in [6, 6.07) is 2.20. The van der Waals surface area contributed by atoms with Gasteiger partial charge in [0, 0.05) is 25.2 Å². The van der Waals surface area contributed by atoms with E-state index in [1.807, 2.05) is 0 Å². The van der Waals surface area contributed by atoms with Gasteiger partial charge in [-0.05, 0) is 31.6 Å². The smallest absolute Gasteiger partial charge is 0.297 e. The molecule has 0 aromatic carbocycles. The normalized spacial score (nSPS) is 19.5. The lowest BCUT2D eigenvalue weighted by atomic mass is 10.2. The van der Waals surface area contributed by atoms with Gasteiger partial charge in [0.1, 0.15) is 6.26 Å². The molecule has 100 valence electrons. The van der Waals surface area contributed by atoms with Crippen LogP contribution in [0.25, 0.3) is 0 Å². The van der Waals surface area contributed by atoms with E-state index in [1.165, 1.54) is 25.7 Å². The highest BCUT2D eigenvalue weighted by atomic mass is 16.4. The highest BCUT2D eigenvalue weighted by Gasteiger charge is 2.32. The molecule has 4 nitrogen and oxygen atoms in total. The molecule has 0 atom stereocenters. The molecular weight excluding hydrogens is 226 g/mol. The van der Waals surface area contributed by atoms with Gasteiger partial charge in [0.15, 0.2) is 0 Å². The maximum absolute atomic E-state index is 5.66. The summed E-state index contributed by atoms with van der Waals surface area (Å²) in [4.78, 5) is 6.96. The first-order valence-corrected chi connectivity index (χ1v) is 7.17. The molecule has 2 fully saturated rings. The molecule has 2 saturated carbocycles. The molecule has 0 bridgehead atoms. The molecule has 2 aliphatic carbocycles. The van der Waals surface area contributed by atoms with Crippen LogP contribution in [0.4, 0.5) is 6.01 Å². The highest BCUT2D eigenvalue weighted by Crippen LogP contribution is 2.32. The van der Waals surface area contributed by atoms with Gasteiger partial charge < -0.3 is 14.6 Å². The van der Waals surface area contributed by atoms with Crippen molar-refractivity contribution in [3.05, 3.63) is 12.0 Å².